The highest BCUT2D eigenvalue weighted by atomic mass is 79.9. The molecule has 2 nitrogen and oxygen atoms in total. The van der Waals surface area contributed by atoms with Crippen molar-refractivity contribution in [3.63, 3.8) is 0 Å². The van der Waals surface area contributed by atoms with E-state index in [1.807, 2.05) is 30.3 Å². The maximum Gasteiger partial charge on any atom is 0.128 e. The summed E-state index contributed by atoms with van der Waals surface area (Å²) in [6, 6.07) is 11.0. The summed E-state index contributed by atoms with van der Waals surface area (Å²) < 4.78 is 1.78. The molecule has 2 aromatic carbocycles. The van der Waals surface area contributed by atoms with E-state index in [0.29, 0.717) is 5.02 Å². The number of phenolic OH excluding ortho intramolecular Hbond substituents is 1. The van der Waals surface area contributed by atoms with Gasteiger partial charge in [0.1, 0.15) is 10.8 Å². The van der Waals surface area contributed by atoms with Gasteiger partial charge in [0.15, 0.2) is 0 Å². The van der Waals surface area contributed by atoms with E-state index in [1.165, 1.54) is 11.3 Å². The molecule has 1 heterocycles. The molecule has 1 aromatic heterocycles. The predicted molar refractivity (Wildman–Crippen MR) is 79.4 cm³/mol. The van der Waals surface area contributed by atoms with Gasteiger partial charge in [-0.05, 0) is 30.3 Å². The minimum absolute atomic E-state index is 0.208. The van der Waals surface area contributed by atoms with Gasteiger partial charge in [-0.2, -0.15) is 0 Å². The molecule has 0 bridgehead atoms. The number of fused-ring (bicyclic) bond motifs is 1. The average Bonchev–Trinajstić information content (AvgIpc) is 2.74. The van der Waals surface area contributed by atoms with E-state index < -0.39 is 0 Å². The van der Waals surface area contributed by atoms with Crippen LogP contribution in [0, 0.1) is 0 Å². The minimum Gasteiger partial charge on any atom is -0.507 e. The first-order valence-corrected chi connectivity index (χ1v) is 7.18. The average molecular weight is 341 g/mol. The molecule has 0 radical (unpaired) electrons. The Hall–Kier alpha value is -1.10. The molecule has 0 aliphatic carbocycles. The molecule has 0 saturated carbocycles. The number of aromatic nitrogens is 1. The molecule has 0 aliphatic rings. The van der Waals surface area contributed by atoms with Crippen LogP contribution in [-0.4, -0.2) is 10.1 Å². The van der Waals surface area contributed by atoms with Gasteiger partial charge in [-0.3, -0.25) is 0 Å². The Morgan fingerprint density at radius 1 is 1.22 bits per heavy atom. The summed E-state index contributed by atoms with van der Waals surface area (Å²) in [7, 11) is 0. The summed E-state index contributed by atoms with van der Waals surface area (Å²) in [5, 5.41) is 11.4. The third kappa shape index (κ3) is 2.00. The zero-order valence-electron chi connectivity index (χ0n) is 9.02. The molecular weight excluding hydrogens is 334 g/mol. The van der Waals surface area contributed by atoms with Gasteiger partial charge < -0.3 is 5.11 Å². The van der Waals surface area contributed by atoms with E-state index in [0.717, 1.165) is 25.3 Å². The number of nitrogens with zero attached hydrogens (tertiary/aromatic N) is 1. The van der Waals surface area contributed by atoms with Crippen molar-refractivity contribution in [3.8, 4) is 16.3 Å². The first-order chi connectivity index (χ1) is 8.65. The molecule has 5 heteroatoms. The first-order valence-electron chi connectivity index (χ1n) is 5.19. The Labute approximate surface area is 121 Å². The van der Waals surface area contributed by atoms with Gasteiger partial charge in [0, 0.05) is 4.47 Å². The van der Waals surface area contributed by atoms with Crippen molar-refractivity contribution < 1.29 is 5.11 Å². The normalized spacial score (nSPS) is 11.0. The van der Waals surface area contributed by atoms with E-state index in [2.05, 4.69) is 20.9 Å². The fourth-order valence-corrected chi connectivity index (χ4v) is 3.35. The van der Waals surface area contributed by atoms with Crippen LogP contribution in [0.3, 0.4) is 0 Å². The van der Waals surface area contributed by atoms with Crippen molar-refractivity contribution >= 4 is 49.1 Å². The molecule has 18 heavy (non-hydrogen) atoms. The number of rotatable bonds is 1. The van der Waals surface area contributed by atoms with Crippen LogP contribution < -0.4 is 0 Å². The number of phenols is 1. The zero-order chi connectivity index (χ0) is 12.7. The molecule has 3 aromatic rings. The van der Waals surface area contributed by atoms with Crippen LogP contribution in [0.5, 0.6) is 5.75 Å². The number of thiazole rings is 1. The summed E-state index contributed by atoms with van der Waals surface area (Å²) >= 11 is 10.9. The molecule has 0 amide bonds. The Morgan fingerprint density at radius 3 is 2.78 bits per heavy atom. The number of halogens is 2. The summed E-state index contributed by atoms with van der Waals surface area (Å²) in [5.41, 5.74) is 1.57. The van der Waals surface area contributed by atoms with Gasteiger partial charge >= 0.3 is 0 Å². The zero-order valence-corrected chi connectivity index (χ0v) is 12.2. The van der Waals surface area contributed by atoms with Crippen LogP contribution >= 0.6 is 38.9 Å². The monoisotopic (exact) mass is 339 g/mol. The Balaban J connectivity index is 2.23. The second-order valence-corrected chi connectivity index (χ2v) is 6.09. The highest BCUT2D eigenvalue weighted by Gasteiger charge is 2.12. The van der Waals surface area contributed by atoms with Gasteiger partial charge in [0.05, 0.1) is 20.8 Å². The number of hydrogen-bond acceptors (Lipinski definition) is 3. The summed E-state index contributed by atoms with van der Waals surface area (Å²) in [4.78, 5) is 4.49. The van der Waals surface area contributed by atoms with E-state index in [9.17, 15) is 5.11 Å². The second-order valence-electron chi connectivity index (χ2n) is 3.77. The molecule has 0 atom stereocenters. The van der Waals surface area contributed by atoms with Crippen LogP contribution in [-0.2, 0) is 0 Å². The van der Waals surface area contributed by atoms with E-state index in [4.69, 9.17) is 11.6 Å². The third-order valence-electron chi connectivity index (χ3n) is 2.56. The first kappa shape index (κ1) is 12.0. The second kappa shape index (κ2) is 4.53. The maximum atomic E-state index is 9.94. The number of hydrogen-bond donors (Lipinski definition) is 1. The molecule has 0 saturated heterocycles. The minimum atomic E-state index is 0.208. The van der Waals surface area contributed by atoms with Crippen molar-refractivity contribution in [3.05, 3.63) is 45.9 Å². The molecule has 90 valence electrons. The highest BCUT2D eigenvalue weighted by Crippen LogP contribution is 2.38. The summed E-state index contributed by atoms with van der Waals surface area (Å²) in [5.74, 6) is 0.208. The van der Waals surface area contributed by atoms with Gasteiger partial charge in [-0.1, -0.05) is 33.6 Å². The van der Waals surface area contributed by atoms with Crippen molar-refractivity contribution in [1.82, 2.24) is 4.98 Å². The Kier molecular flexibility index (Phi) is 3.01. The lowest BCUT2D eigenvalue weighted by Gasteiger charge is -2.00. The van der Waals surface area contributed by atoms with Gasteiger partial charge in [-0.25, -0.2) is 4.98 Å². The van der Waals surface area contributed by atoms with Crippen molar-refractivity contribution in [2.24, 2.45) is 0 Å². The van der Waals surface area contributed by atoms with Gasteiger partial charge in [-0.15, -0.1) is 11.3 Å². The predicted octanol–water partition coefficient (Wildman–Crippen LogP) is 5.08. The van der Waals surface area contributed by atoms with Crippen LogP contribution in [0.25, 0.3) is 20.8 Å². The van der Waals surface area contributed by atoms with E-state index in [1.54, 1.807) is 6.07 Å². The lowest BCUT2D eigenvalue weighted by atomic mass is 10.2. The van der Waals surface area contributed by atoms with Crippen LogP contribution in [0.15, 0.2) is 40.9 Å². The van der Waals surface area contributed by atoms with Crippen molar-refractivity contribution in [2.75, 3.05) is 0 Å². The van der Waals surface area contributed by atoms with Crippen LogP contribution in [0.1, 0.15) is 0 Å². The standard InChI is InChI=1S/C13H7BrClNOS/c14-7-4-5-8(11(17)6-7)13-16-10-3-1-2-9(15)12(10)18-13/h1-6,17H. The molecule has 0 spiro atoms. The van der Waals surface area contributed by atoms with Crippen molar-refractivity contribution in [2.45, 2.75) is 0 Å². The van der Waals surface area contributed by atoms with Crippen LogP contribution in [0.2, 0.25) is 5.02 Å². The molecule has 0 unspecified atom stereocenters. The largest absolute Gasteiger partial charge is 0.507 e. The SMILES string of the molecule is Oc1cc(Br)ccc1-c1nc2cccc(Cl)c2s1. The molecule has 3 rings (SSSR count). The highest BCUT2D eigenvalue weighted by molar-refractivity contribution is 9.10. The molecule has 0 aliphatic heterocycles. The Morgan fingerprint density at radius 2 is 2.06 bits per heavy atom. The van der Waals surface area contributed by atoms with Crippen LogP contribution in [0.4, 0.5) is 0 Å². The molecular formula is C13H7BrClNOS. The van der Waals surface area contributed by atoms with E-state index >= 15 is 0 Å². The quantitative estimate of drug-likeness (QED) is 0.669. The van der Waals surface area contributed by atoms with Gasteiger partial charge in [0.25, 0.3) is 0 Å². The topological polar surface area (TPSA) is 33.1 Å². The molecule has 0 fully saturated rings. The maximum absolute atomic E-state index is 9.94. The Bertz CT molecular complexity index is 741. The number of benzene rings is 2. The summed E-state index contributed by atoms with van der Waals surface area (Å²) in [6.45, 7) is 0. The number of aromatic hydroxyl groups is 1. The fraction of sp³-hybridized carbons (Fsp3) is 0. The molecule has 1 N–H and O–H groups in total. The fourth-order valence-electron chi connectivity index (χ4n) is 1.72. The van der Waals surface area contributed by atoms with Gasteiger partial charge in [0.2, 0.25) is 0 Å². The summed E-state index contributed by atoms with van der Waals surface area (Å²) in [6.07, 6.45) is 0. The third-order valence-corrected chi connectivity index (χ3v) is 4.62. The lowest BCUT2D eigenvalue weighted by molar-refractivity contribution is 0.477. The lowest BCUT2D eigenvalue weighted by Crippen LogP contribution is -1.77. The smallest absolute Gasteiger partial charge is 0.128 e. The van der Waals surface area contributed by atoms with Crippen molar-refractivity contribution in [1.29, 1.82) is 0 Å². The van der Waals surface area contributed by atoms with E-state index in [-0.39, 0.29) is 5.75 Å².